The summed E-state index contributed by atoms with van der Waals surface area (Å²) in [5.74, 6) is -2.02. The highest BCUT2D eigenvalue weighted by atomic mass is 32.1. The number of amides is 1. The van der Waals surface area contributed by atoms with Crippen molar-refractivity contribution in [1.29, 1.82) is 0 Å². The lowest BCUT2D eigenvalue weighted by atomic mass is 10.2. The van der Waals surface area contributed by atoms with Gasteiger partial charge in [0.05, 0.1) is 5.69 Å². The molecule has 1 aromatic carbocycles. The van der Waals surface area contributed by atoms with Crippen LogP contribution in [0.4, 0.5) is 5.69 Å². The van der Waals surface area contributed by atoms with E-state index in [9.17, 15) is 9.59 Å². The molecule has 6 nitrogen and oxygen atoms in total. The topological polar surface area (TPSA) is 91.1 Å². The number of hydrogen-bond acceptors (Lipinski definition) is 5. The lowest BCUT2D eigenvalue weighted by Crippen LogP contribution is -2.54. The number of nitrogens with one attached hydrogen (secondary N) is 1. The second kappa shape index (κ2) is 6.15. The summed E-state index contributed by atoms with van der Waals surface area (Å²) in [6.45, 7) is 1.21. The zero-order valence-electron chi connectivity index (χ0n) is 9.70. The van der Waals surface area contributed by atoms with E-state index in [1.165, 1.54) is 6.92 Å². The maximum Gasteiger partial charge on any atom is 0.355 e. The number of carbonyl (C=O) groups excluding carboxylic acids is 1. The lowest BCUT2D eigenvalue weighted by Gasteiger charge is -2.22. The summed E-state index contributed by atoms with van der Waals surface area (Å²) < 4.78 is 0. The van der Waals surface area contributed by atoms with Crippen LogP contribution in [0.3, 0.4) is 0 Å². The number of carboxylic acids is 1. The van der Waals surface area contributed by atoms with Crippen molar-refractivity contribution in [1.82, 2.24) is 5.32 Å². The number of rotatable bonds is 5. The van der Waals surface area contributed by atoms with E-state index in [4.69, 9.17) is 5.11 Å². The molecular weight excluding hydrogens is 254 g/mol. The van der Waals surface area contributed by atoms with Gasteiger partial charge < -0.3 is 10.4 Å². The van der Waals surface area contributed by atoms with Crippen LogP contribution in [0.1, 0.15) is 6.92 Å². The van der Waals surface area contributed by atoms with Crippen LogP contribution in [0.5, 0.6) is 0 Å². The lowest BCUT2D eigenvalue weighted by molar-refractivity contribution is -0.146. The van der Waals surface area contributed by atoms with E-state index < -0.39 is 17.5 Å². The van der Waals surface area contributed by atoms with Gasteiger partial charge in [-0.05, 0) is 12.1 Å². The van der Waals surface area contributed by atoms with E-state index in [0.717, 1.165) is 0 Å². The van der Waals surface area contributed by atoms with Crippen molar-refractivity contribution >= 4 is 30.2 Å². The first-order chi connectivity index (χ1) is 8.50. The summed E-state index contributed by atoms with van der Waals surface area (Å²) in [6.07, 6.45) is 0. The molecule has 7 heteroatoms. The Balaban J connectivity index is 3.01. The molecule has 0 radical (unpaired) electrons. The molecule has 0 bridgehead atoms. The second-order valence-corrected chi connectivity index (χ2v) is 3.86. The highest BCUT2D eigenvalue weighted by Crippen LogP contribution is 2.17. The third-order valence-electron chi connectivity index (χ3n) is 2.06. The van der Waals surface area contributed by atoms with Gasteiger partial charge in [-0.3, -0.25) is 4.79 Å². The fourth-order valence-corrected chi connectivity index (χ4v) is 1.47. The predicted octanol–water partition coefficient (Wildman–Crippen LogP) is 1.62. The number of thiol groups is 1. The SMILES string of the molecule is CC(=O)NC(CS)(N=Nc1ccccc1)C(=O)O. The van der Waals surface area contributed by atoms with Crippen LogP contribution in [0.15, 0.2) is 40.6 Å². The fraction of sp³-hybridized carbons (Fsp3) is 0.273. The molecular formula is C11H13N3O3S. The number of carbonyl (C=O) groups is 2. The number of aliphatic carboxylic acids is 1. The first-order valence-electron chi connectivity index (χ1n) is 5.11. The molecule has 0 saturated heterocycles. The Morgan fingerprint density at radius 3 is 2.44 bits per heavy atom. The summed E-state index contributed by atoms with van der Waals surface area (Å²) in [7, 11) is 0. The maximum atomic E-state index is 11.2. The average molecular weight is 267 g/mol. The van der Waals surface area contributed by atoms with Crippen LogP contribution in [0.25, 0.3) is 0 Å². The minimum Gasteiger partial charge on any atom is -0.478 e. The van der Waals surface area contributed by atoms with Crippen molar-refractivity contribution in [3.63, 3.8) is 0 Å². The maximum absolute atomic E-state index is 11.2. The van der Waals surface area contributed by atoms with Crippen molar-refractivity contribution in [2.75, 3.05) is 5.75 Å². The molecule has 0 aliphatic rings. The smallest absolute Gasteiger partial charge is 0.355 e. The highest BCUT2D eigenvalue weighted by molar-refractivity contribution is 7.80. The van der Waals surface area contributed by atoms with Gasteiger partial charge in [-0.1, -0.05) is 18.2 Å². The third kappa shape index (κ3) is 3.56. The van der Waals surface area contributed by atoms with E-state index in [1.54, 1.807) is 30.3 Å². The zero-order valence-corrected chi connectivity index (χ0v) is 10.6. The quantitative estimate of drug-likeness (QED) is 0.559. The van der Waals surface area contributed by atoms with Crippen LogP contribution in [0.2, 0.25) is 0 Å². The van der Waals surface area contributed by atoms with Gasteiger partial charge in [-0.15, -0.1) is 5.11 Å². The predicted molar refractivity (Wildman–Crippen MR) is 69.0 cm³/mol. The molecule has 1 amide bonds. The number of nitrogens with zero attached hydrogens (tertiary/aromatic N) is 2. The normalized spacial score (nSPS) is 14.1. The molecule has 0 saturated carbocycles. The van der Waals surface area contributed by atoms with Crippen LogP contribution in [0, 0.1) is 0 Å². The molecule has 0 spiro atoms. The largest absolute Gasteiger partial charge is 0.478 e. The van der Waals surface area contributed by atoms with Crippen LogP contribution in [-0.4, -0.2) is 28.4 Å². The Bertz CT molecular complexity index is 464. The molecule has 0 heterocycles. The highest BCUT2D eigenvalue weighted by Gasteiger charge is 2.38. The molecule has 0 aliphatic heterocycles. The molecule has 0 fully saturated rings. The van der Waals surface area contributed by atoms with Gasteiger partial charge in [-0.25, -0.2) is 4.79 Å². The summed E-state index contributed by atoms with van der Waals surface area (Å²) in [6, 6.07) is 8.63. The standard InChI is InChI=1S/C11H13N3O3S/c1-8(15)12-11(7-18,10(16)17)14-13-9-5-3-2-4-6-9/h2-6,18H,7H2,1H3,(H,12,15)(H,16,17). The first kappa shape index (κ1) is 14.2. The van der Waals surface area contributed by atoms with Gasteiger partial charge >= 0.3 is 5.97 Å². The monoisotopic (exact) mass is 267 g/mol. The number of carboxylic acid groups (broad SMARTS) is 1. The molecule has 1 unspecified atom stereocenters. The van der Waals surface area contributed by atoms with Crippen LogP contribution < -0.4 is 5.32 Å². The molecule has 1 aromatic rings. The van der Waals surface area contributed by atoms with Crippen molar-refractivity contribution in [3.05, 3.63) is 30.3 Å². The first-order valence-corrected chi connectivity index (χ1v) is 5.74. The van der Waals surface area contributed by atoms with E-state index in [-0.39, 0.29) is 5.75 Å². The zero-order chi connectivity index (χ0) is 13.6. The molecule has 0 aliphatic carbocycles. The van der Waals surface area contributed by atoms with E-state index in [0.29, 0.717) is 5.69 Å². The summed E-state index contributed by atoms with van der Waals surface area (Å²) in [4.78, 5) is 22.2. The third-order valence-corrected chi connectivity index (χ3v) is 2.52. The molecule has 0 aromatic heterocycles. The Labute approximate surface area is 110 Å². The van der Waals surface area contributed by atoms with Gasteiger partial charge in [0.15, 0.2) is 0 Å². The number of benzene rings is 1. The Kier molecular flexibility index (Phi) is 4.85. The van der Waals surface area contributed by atoms with Gasteiger partial charge in [0.2, 0.25) is 5.91 Å². The fourth-order valence-electron chi connectivity index (χ4n) is 1.19. The van der Waals surface area contributed by atoms with Gasteiger partial charge in [0, 0.05) is 12.7 Å². The van der Waals surface area contributed by atoms with Crippen molar-refractivity contribution in [3.8, 4) is 0 Å². The molecule has 1 rings (SSSR count). The number of hydrogen-bond donors (Lipinski definition) is 3. The Morgan fingerprint density at radius 1 is 1.39 bits per heavy atom. The van der Waals surface area contributed by atoms with E-state index in [1.807, 2.05) is 0 Å². The van der Waals surface area contributed by atoms with Gasteiger partial charge in [0.1, 0.15) is 0 Å². The van der Waals surface area contributed by atoms with E-state index >= 15 is 0 Å². The Morgan fingerprint density at radius 2 is 2.00 bits per heavy atom. The van der Waals surface area contributed by atoms with Crippen LogP contribution in [-0.2, 0) is 9.59 Å². The molecule has 1 atom stereocenters. The van der Waals surface area contributed by atoms with Crippen molar-refractivity contribution in [2.45, 2.75) is 12.6 Å². The van der Waals surface area contributed by atoms with Crippen LogP contribution >= 0.6 is 12.6 Å². The summed E-state index contributed by atoms with van der Waals surface area (Å²) in [5, 5.41) is 18.9. The molecule has 96 valence electrons. The van der Waals surface area contributed by atoms with Gasteiger partial charge in [-0.2, -0.15) is 17.7 Å². The van der Waals surface area contributed by atoms with E-state index in [2.05, 4.69) is 28.2 Å². The molecule has 18 heavy (non-hydrogen) atoms. The molecule has 2 N–H and O–H groups in total. The Hall–Kier alpha value is -1.89. The second-order valence-electron chi connectivity index (χ2n) is 3.54. The summed E-state index contributed by atoms with van der Waals surface area (Å²) >= 11 is 3.91. The minimum absolute atomic E-state index is 0.196. The van der Waals surface area contributed by atoms with Gasteiger partial charge in [0.25, 0.3) is 5.66 Å². The number of azo groups is 1. The van der Waals surface area contributed by atoms with Crippen molar-refractivity contribution in [2.24, 2.45) is 10.2 Å². The average Bonchev–Trinajstić information content (AvgIpc) is 2.35. The minimum atomic E-state index is -1.84. The van der Waals surface area contributed by atoms with Crippen molar-refractivity contribution < 1.29 is 14.7 Å². The summed E-state index contributed by atoms with van der Waals surface area (Å²) in [5.41, 5.74) is -1.35.